The SMILES string of the molecule is c1ccc(N(c2ccc(-c3ccc4ccccc4c3)cc2)c2ccccc2-c2ccccc2)c(-c2cccc(-n3c4ccccc4c4ccccc43)c2)c#1. The molecule has 0 unspecified atom stereocenters. The molecule has 1 heterocycles. The second-order valence-electron chi connectivity index (χ2n) is 13.6. The zero-order chi connectivity index (χ0) is 35.8. The fourth-order valence-corrected chi connectivity index (χ4v) is 7.90. The van der Waals surface area contributed by atoms with Gasteiger partial charge in [-0.05, 0) is 93.7 Å². The van der Waals surface area contributed by atoms with Crippen LogP contribution in [0.1, 0.15) is 0 Å². The van der Waals surface area contributed by atoms with Gasteiger partial charge in [-0.25, -0.2) is 0 Å². The van der Waals surface area contributed by atoms with Crippen molar-refractivity contribution in [1.29, 1.82) is 0 Å². The van der Waals surface area contributed by atoms with Gasteiger partial charge in [-0.2, -0.15) is 0 Å². The second kappa shape index (κ2) is 13.3. The third-order valence-electron chi connectivity index (χ3n) is 10.4. The van der Waals surface area contributed by atoms with Crippen molar-refractivity contribution >= 4 is 49.6 Å². The molecular weight excluding hydrogens is 653 g/mol. The Morgan fingerprint density at radius 3 is 1.85 bits per heavy atom. The van der Waals surface area contributed by atoms with E-state index in [1.165, 1.54) is 43.7 Å². The number of anilines is 3. The first kappa shape index (κ1) is 31.4. The highest BCUT2D eigenvalue weighted by molar-refractivity contribution is 6.09. The minimum Gasteiger partial charge on any atom is -0.309 e. The summed E-state index contributed by atoms with van der Waals surface area (Å²) in [5.74, 6) is 0. The maximum Gasteiger partial charge on any atom is 0.0631 e. The largest absolute Gasteiger partial charge is 0.309 e. The van der Waals surface area contributed by atoms with Gasteiger partial charge in [-0.3, -0.25) is 0 Å². The molecule has 0 aliphatic rings. The second-order valence-corrected chi connectivity index (χ2v) is 13.6. The van der Waals surface area contributed by atoms with E-state index in [0.717, 1.165) is 45.0 Å². The standard InChI is InChI=1S/C52H34N2/c1-2-16-39(17-3-1)45-21-6-10-25-49(45)53(43-33-31-38(32-34-43)41-30-29-37-15-4-5-18-40(37)35-41)50-26-11-7-22-46(50)42-19-14-20-44(36-42)54-51-27-12-8-23-47(51)48-24-9-13-28-52(48)54/h1-6,8-21,23-36H. The van der Waals surface area contributed by atoms with E-state index in [0.29, 0.717) is 0 Å². The third-order valence-corrected chi connectivity index (χ3v) is 10.4. The topological polar surface area (TPSA) is 8.17 Å². The van der Waals surface area contributed by atoms with Crippen molar-refractivity contribution in [2.24, 2.45) is 0 Å². The summed E-state index contributed by atoms with van der Waals surface area (Å²) in [6.45, 7) is 0. The lowest BCUT2D eigenvalue weighted by Gasteiger charge is -2.29. The van der Waals surface area contributed by atoms with Gasteiger partial charge in [0.25, 0.3) is 0 Å². The average molecular weight is 687 g/mol. The van der Waals surface area contributed by atoms with Crippen molar-refractivity contribution in [3.8, 4) is 39.1 Å². The monoisotopic (exact) mass is 686 g/mol. The van der Waals surface area contributed by atoms with Gasteiger partial charge in [0, 0.05) is 27.7 Å². The van der Waals surface area contributed by atoms with Crippen LogP contribution in [-0.2, 0) is 0 Å². The maximum atomic E-state index is 3.56. The first-order chi connectivity index (χ1) is 26.8. The van der Waals surface area contributed by atoms with Gasteiger partial charge in [0.05, 0.1) is 28.0 Å². The molecule has 0 aliphatic carbocycles. The van der Waals surface area contributed by atoms with Crippen LogP contribution in [0.25, 0.3) is 71.6 Å². The lowest BCUT2D eigenvalue weighted by atomic mass is 9.98. The molecule has 0 aliphatic heterocycles. The van der Waals surface area contributed by atoms with Crippen molar-refractivity contribution in [2.75, 3.05) is 4.90 Å². The highest BCUT2D eigenvalue weighted by Gasteiger charge is 2.21. The molecule has 1 aromatic heterocycles. The Kier molecular flexibility index (Phi) is 7.75. The Morgan fingerprint density at radius 2 is 1.06 bits per heavy atom. The number of rotatable bonds is 7. The molecule has 0 bridgehead atoms. The van der Waals surface area contributed by atoms with Crippen LogP contribution in [-0.4, -0.2) is 4.57 Å². The molecule has 9 aromatic carbocycles. The first-order valence-electron chi connectivity index (χ1n) is 18.4. The molecule has 0 spiro atoms. The van der Waals surface area contributed by atoms with Crippen molar-refractivity contribution in [1.82, 2.24) is 4.57 Å². The number of para-hydroxylation sites is 3. The Morgan fingerprint density at radius 1 is 0.407 bits per heavy atom. The summed E-state index contributed by atoms with van der Waals surface area (Å²) in [6.07, 6.45) is 0. The minimum atomic E-state index is 0.974. The zero-order valence-corrected chi connectivity index (χ0v) is 29.5. The fraction of sp³-hybridized carbons (Fsp3) is 0. The molecule has 0 radical (unpaired) electrons. The summed E-state index contributed by atoms with van der Waals surface area (Å²) in [5.41, 5.74) is 13.4. The van der Waals surface area contributed by atoms with Gasteiger partial charge in [-0.1, -0.05) is 158 Å². The molecule has 2 nitrogen and oxygen atoms in total. The number of benzene rings is 8. The lowest BCUT2D eigenvalue weighted by Crippen LogP contribution is -2.12. The number of aromatic nitrogens is 1. The molecule has 54 heavy (non-hydrogen) atoms. The normalized spacial score (nSPS) is 11.2. The number of hydrogen-bond acceptors (Lipinski definition) is 1. The third kappa shape index (κ3) is 5.48. The first-order valence-corrected chi connectivity index (χ1v) is 18.4. The summed E-state index contributed by atoms with van der Waals surface area (Å²) in [4.78, 5) is 2.37. The van der Waals surface area contributed by atoms with Crippen LogP contribution < -0.4 is 4.90 Å². The van der Waals surface area contributed by atoms with Crippen LogP contribution in [0.4, 0.5) is 17.1 Å². The van der Waals surface area contributed by atoms with E-state index in [1.54, 1.807) is 0 Å². The Hall–Kier alpha value is -7.34. The Balaban J connectivity index is 1.14. The van der Waals surface area contributed by atoms with E-state index < -0.39 is 0 Å². The number of hydrogen-bond donors (Lipinski definition) is 0. The predicted molar refractivity (Wildman–Crippen MR) is 227 cm³/mol. The molecule has 10 aromatic rings. The molecule has 0 saturated carbocycles. The number of fused-ring (bicyclic) bond motifs is 4. The van der Waals surface area contributed by atoms with Crippen molar-refractivity contribution in [3.05, 3.63) is 218 Å². The van der Waals surface area contributed by atoms with Gasteiger partial charge in [-0.15, -0.1) is 0 Å². The van der Waals surface area contributed by atoms with E-state index in [4.69, 9.17) is 0 Å². The molecule has 0 amide bonds. The molecule has 0 saturated heterocycles. The van der Waals surface area contributed by atoms with E-state index in [-0.39, 0.29) is 0 Å². The van der Waals surface area contributed by atoms with E-state index in [1.807, 2.05) is 6.07 Å². The van der Waals surface area contributed by atoms with Crippen LogP contribution in [0, 0.1) is 12.1 Å². The highest BCUT2D eigenvalue weighted by Crippen LogP contribution is 2.45. The van der Waals surface area contributed by atoms with E-state index in [9.17, 15) is 0 Å². The van der Waals surface area contributed by atoms with Crippen molar-refractivity contribution in [2.45, 2.75) is 0 Å². The van der Waals surface area contributed by atoms with Crippen LogP contribution in [0.15, 0.2) is 206 Å². The minimum absolute atomic E-state index is 0.974. The number of nitrogens with zero attached hydrogens (tertiary/aromatic N) is 2. The molecule has 0 N–H and O–H groups in total. The van der Waals surface area contributed by atoms with Crippen molar-refractivity contribution in [3.63, 3.8) is 0 Å². The predicted octanol–water partition coefficient (Wildman–Crippen LogP) is 14.0. The smallest absolute Gasteiger partial charge is 0.0631 e. The molecule has 252 valence electrons. The fourth-order valence-electron chi connectivity index (χ4n) is 7.90. The van der Waals surface area contributed by atoms with Gasteiger partial charge in [0.2, 0.25) is 0 Å². The Labute approximate surface area is 315 Å². The summed E-state index contributed by atoms with van der Waals surface area (Å²) >= 11 is 0. The van der Waals surface area contributed by atoms with Crippen LogP contribution >= 0.6 is 0 Å². The van der Waals surface area contributed by atoms with Crippen molar-refractivity contribution < 1.29 is 0 Å². The molecule has 10 rings (SSSR count). The van der Waals surface area contributed by atoms with E-state index in [2.05, 4.69) is 222 Å². The quantitative estimate of drug-likeness (QED) is 0.162. The van der Waals surface area contributed by atoms with Gasteiger partial charge in [0.15, 0.2) is 0 Å². The van der Waals surface area contributed by atoms with Crippen LogP contribution in [0.3, 0.4) is 0 Å². The summed E-state index contributed by atoms with van der Waals surface area (Å²) in [6, 6.07) is 80.6. The molecular formula is C52H34N2. The molecule has 0 fully saturated rings. The molecule has 2 heteroatoms. The summed E-state index contributed by atoms with van der Waals surface area (Å²) in [5, 5.41) is 4.97. The van der Waals surface area contributed by atoms with Gasteiger partial charge in [0.1, 0.15) is 0 Å². The highest BCUT2D eigenvalue weighted by atomic mass is 15.1. The van der Waals surface area contributed by atoms with Gasteiger partial charge < -0.3 is 9.47 Å². The van der Waals surface area contributed by atoms with Crippen LogP contribution in [0.5, 0.6) is 0 Å². The summed E-state index contributed by atoms with van der Waals surface area (Å²) in [7, 11) is 0. The average Bonchev–Trinajstić information content (AvgIpc) is 3.59. The lowest BCUT2D eigenvalue weighted by molar-refractivity contribution is 1.18. The molecule has 0 atom stereocenters. The maximum absolute atomic E-state index is 3.56. The summed E-state index contributed by atoms with van der Waals surface area (Å²) < 4.78 is 2.37. The Bertz CT molecular complexity index is 2880. The van der Waals surface area contributed by atoms with Gasteiger partial charge >= 0.3 is 0 Å². The van der Waals surface area contributed by atoms with Crippen LogP contribution in [0.2, 0.25) is 0 Å². The van der Waals surface area contributed by atoms with E-state index >= 15 is 0 Å². The zero-order valence-electron chi connectivity index (χ0n) is 29.5.